The molecule has 0 spiro atoms. The number of rotatable bonds is 8. The van der Waals surface area contributed by atoms with Crippen LogP contribution in [0.1, 0.15) is 19.2 Å². The fourth-order valence-corrected chi connectivity index (χ4v) is 3.57. The van der Waals surface area contributed by atoms with Crippen molar-refractivity contribution in [1.82, 2.24) is 25.5 Å². The van der Waals surface area contributed by atoms with E-state index in [9.17, 15) is 9.59 Å². The van der Waals surface area contributed by atoms with E-state index in [4.69, 9.17) is 9.47 Å². The number of methoxy groups -OCH3 is 1. The number of benzene rings is 2. The molecule has 0 aliphatic carbocycles. The molecule has 10 heteroatoms. The number of hydrogen-bond donors (Lipinski definition) is 1. The number of anilines is 1. The lowest BCUT2D eigenvalue weighted by Gasteiger charge is -2.17. The monoisotopic (exact) mass is 436 g/mol. The van der Waals surface area contributed by atoms with Crippen molar-refractivity contribution in [3.05, 3.63) is 54.4 Å². The third kappa shape index (κ3) is 4.53. The summed E-state index contributed by atoms with van der Waals surface area (Å²) in [6.07, 6.45) is 0.155. The molecule has 1 aliphatic rings. The van der Waals surface area contributed by atoms with Gasteiger partial charge in [0.15, 0.2) is 5.82 Å². The Bertz CT molecular complexity index is 1080. The number of carbonyl (C=O) groups excluding carboxylic acids is 2. The highest BCUT2D eigenvalue weighted by molar-refractivity contribution is 6.00. The van der Waals surface area contributed by atoms with Gasteiger partial charge in [-0.05, 0) is 65.9 Å². The predicted octanol–water partition coefficient (Wildman–Crippen LogP) is 1.74. The Labute approximate surface area is 185 Å². The Balaban J connectivity index is 1.37. The van der Waals surface area contributed by atoms with E-state index in [2.05, 4.69) is 20.8 Å². The molecule has 1 saturated heterocycles. The van der Waals surface area contributed by atoms with Crippen LogP contribution in [0.15, 0.2) is 48.5 Å². The van der Waals surface area contributed by atoms with E-state index in [0.29, 0.717) is 19.0 Å². The molecule has 0 radical (unpaired) electrons. The molecular weight excluding hydrogens is 412 g/mol. The molecule has 1 aliphatic heterocycles. The van der Waals surface area contributed by atoms with Gasteiger partial charge in [0.05, 0.1) is 31.9 Å². The molecule has 1 aromatic heterocycles. The van der Waals surface area contributed by atoms with Crippen molar-refractivity contribution in [3.8, 4) is 17.2 Å². The molecule has 2 heterocycles. The van der Waals surface area contributed by atoms with Crippen molar-refractivity contribution < 1.29 is 19.1 Å². The van der Waals surface area contributed by atoms with Crippen molar-refractivity contribution in [3.63, 3.8) is 0 Å². The third-order valence-corrected chi connectivity index (χ3v) is 5.23. The fourth-order valence-electron chi connectivity index (χ4n) is 3.57. The minimum Gasteiger partial charge on any atom is -0.497 e. The van der Waals surface area contributed by atoms with Crippen molar-refractivity contribution in [1.29, 1.82) is 0 Å². The standard InChI is InChI=1S/C22H24N6O4/c1-3-32-19-10-4-16(5-11-19)27-14-15(12-21(27)29)22(30)23-13-20-24-25-26-28(20)17-6-8-18(31-2)9-7-17/h4-11,15H,3,12-14H2,1-2H3,(H,23,30). The number of nitrogens with one attached hydrogen (secondary N) is 1. The lowest BCUT2D eigenvalue weighted by Crippen LogP contribution is -2.33. The van der Waals surface area contributed by atoms with Crippen LogP contribution in [0, 0.1) is 5.92 Å². The van der Waals surface area contributed by atoms with Gasteiger partial charge < -0.3 is 19.7 Å². The summed E-state index contributed by atoms with van der Waals surface area (Å²) in [6, 6.07) is 14.5. The van der Waals surface area contributed by atoms with E-state index in [1.165, 1.54) is 0 Å². The van der Waals surface area contributed by atoms with Crippen LogP contribution >= 0.6 is 0 Å². The van der Waals surface area contributed by atoms with Gasteiger partial charge in [0, 0.05) is 18.7 Å². The molecular formula is C22H24N6O4. The fraction of sp³-hybridized carbons (Fsp3) is 0.318. The Hall–Kier alpha value is -3.95. The van der Waals surface area contributed by atoms with Gasteiger partial charge in [0.25, 0.3) is 0 Å². The number of nitrogens with zero attached hydrogens (tertiary/aromatic N) is 5. The molecule has 1 N–H and O–H groups in total. The van der Waals surface area contributed by atoms with Crippen LogP contribution in [0.3, 0.4) is 0 Å². The molecule has 0 bridgehead atoms. The van der Waals surface area contributed by atoms with Gasteiger partial charge in [-0.15, -0.1) is 5.10 Å². The van der Waals surface area contributed by atoms with Gasteiger partial charge >= 0.3 is 0 Å². The number of tetrazole rings is 1. The number of amides is 2. The van der Waals surface area contributed by atoms with Gasteiger partial charge in [-0.3, -0.25) is 9.59 Å². The van der Waals surface area contributed by atoms with Gasteiger partial charge in [0.1, 0.15) is 11.5 Å². The smallest absolute Gasteiger partial charge is 0.227 e. The summed E-state index contributed by atoms with van der Waals surface area (Å²) < 4.78 is 12.1. The summed E-state index contributed by atoms with van der Waals surface area (Å²) >= 11 is 0. The Kier molecular flexibility index (Phi) is 6.29. The van der Waals surface area contributed by atoms with E-state index >= 15 is 0 Å². The van der Waals surface area contributed by atoms with Crippen molar-refractivity contribution in [2.75, 3.05) is 25.2 Å². The minimum atomic E-state index is -0.445. The minimum absolute atomic E-state index is 0.0858. The number of ether oxygens (including phenoxy) is 2. The first-order valence-corrected chi connectivity index (χ1v) is 10.3. The van der Waals surface area contributed by atoms with E-state index in [1.807, 2.05) is 43.3 Å². The number of aromatic nitrogens is 4. The van der Waals surface area contributed by atoms with Gasteiger partial charge in [0.2, 0.25) is 11.8 Å². The highest BCUT2D eigenvalue weighted by Crippen LogP contribution is 2.27. The maximum absolute atomic E-state index is 12.7. The second kappa shape index (κ2) is 9.46. The maximum atomic E-state index is 12.7. The highest BCUT2D eigenvalue weighted by atomic mass is 16.5. The van der Waals surface area contributed by atoms with Crippen LogP contribution in [-0.4, -0.2) is 52.3 Å². The van der Waals surface area contributed by atoms with Gasteiger partial charge in [-0.2, -0.15) is 4.68 Å². The topological polar surface area (TPSA) is 111 Å². The average molecular weight is 436 g/mol. The first-order chi connectivity index (χ1) is 15.6. The summed E-state index contributed by atoms with van der Waals surface area (Å²) in [5.74, 6) is 1.20. The molecule has 10 nitrogen and oxygen atoms in total. The zero-order chi connectivity index (χ0) is 22.5. The molecule has 166 valence electrons. The zero-order valence-electron chi connectivity index (χ0n) is 17.9. The van der Waals surface area contributed by atoms with Crippen molar-refractivity contribution in [2.24, 2.45) is 5.92 Å². The van der Waals surface area contributed by atoms with Crippen molar-refractivity contribution in [2.45, 2.75) is 19.9 Å². The largest absolute Gasteiger partial charge is 0.497 e. The van der Waals surface area contributed by atoms with Crippen LogP contribution in [0.5, 0.6) is 11.5 Å². The lowest BCUT2D eigenvalue weighted by molar-refractivity contribution is -0.126. The molecule has 2 aromatic carbocycles. The Morgan fingerprint density at radius 3 is 2.47 bits per heavy atom. The predicted molar refractivity (Wildman–Crippen MR) is 116 cm³/mol. The highest BCUT2D eigenvalue weighted by Gasteiger charge is 2.35. The van der Waals surface area contributed by atoms with Crippen LogP contribution in [0.4, 0.5) is 5.69 Å². The summed E-state index contributed by atoms with van der Waals surface area (Å²) in [7, 11) is 1.60. The summed E-state index contributed by atoms with van der Waals surface area (Å²) in [5.41, 5.74) is 1.50. The second-order valence-corrected chi connectivity index (χ2v) is 7.26. The molecule has 1 atom stereocenters. The third-order valence-electron chi connectivity index (χ3n) is 5.23. The summed E-state index contributed by atoms with van der Waals surface area (Å²) in [5, 5.41) is 14.6. The van der Waals surface area contributed by atoms with E-state index in [-0.39, 0.29) is 24.8 Å². The summed E-state index contributed by atoms with van der Waals surface area (Å²) in [4.78, 5) is 26.8. The van der Waals surface area contributed by atoms with E-state index < -0.39 is 5.92 Å². The van der Waals surface area contributed by atoms with E-state index in [1.54, 1.807) is 28.8 Å². The Morgan fingerprint density at radius 1 is 1.09 bits per heavy atom. The number of carbonyl (C=O) groups is 2. The van der Waals surface area contributed by atoms with Crippen LogP contribution < -0.4 is 19.7 Å². The van der Waals surface area contributed by atoms with Gasteiger partial charge in [-0.25, -0.2) is 0 Å². The van der Waals surface area contributed by atoms with E-state index in [0.717, 1.165) is 22.9 Å². The Morgan fingerprint density at radius 2 is 1.78 bits per heavy atom. The quantitative estimate of drug-likeness (QED) is 0.572. The molecule has 1 fully saturated rings. The van der Waals surface area contributed by atoms with Crippen LogP contribution in [0.25, 0.3) is 5.69 Å². The van der Waals surface area contributed by atoms with Crippen molar-refractivity contribution >= 4 is 17.5 Å². The maximum Gasteiger partial charge on any atom is 0.227 e. The molecule has 2 amide bonds. The van der Waals surface area contributed by atoms with Gasteiger partial charge in [-0.1, -0.05) is 0 Å². The summed E-state index contributed by atoms with van der Waals surface area (Å²) in [6.45, 7) is 2.95. The van der Waals surface area contributed by atoms with Crippen LogP contribution in [-0.2, 0) is 16.1 Å². The molecule has 3 aromatic rings. The zero-order valence-corrected chi connectivity index (χ0v) is 17.9. The number of hydrogen-bond acceptors (Lipinski definition) is 7. The molecule has 32 heavy (non-hydrogen) atoms. The average Bonchev–Trinajstić information content (AvgIpc) is 3.45. The normalized spacial score (nSPS) is 15.6. The second-order valence-electron chi connectivity index (χ2n) is 7.26. The molecule has 0 saturated carbocycles. The first-order valence-electron chi connectivity index (χ1n) is 10.3. The molecule has 1 unspecified atom stereocenters. The SMILES string of the molecule is CCOc1ccc(N2CC(C(=O)NCc3nnnn3-c3ccc(OC)cc3)CC2=O)cc1. The lowest BCUT2D eigenvalue weighted by atomic mass is 10.1. The van der Waals surface area contributed by atoms with Crippen LogP contribution in [0.2, 0.25) is 0 Å². The first kappa shape index (κ1) is 21.3. The molecule has 4 rings (SSSR count).